The lowest BCUT2D eigenvalue weighted by Gasteiger charge is -2.16. The summed E-state index contributed by atoms with van der Waals surface area (Å²) >= 11 is 0. The lowest BCUT2D eigenvalue weighted by molar-refractivity contribution is -0.114. The maximum atomic E-state index is 10.9. The first-order valence-corrected chi connectivity index (χ1v) is 3.48. The van der Waals surface area contributed by atoms with Gasteiger partial charge in [-0.15, -0.1) is 0 Å². The molecule has 0 aromatic carbocycles. The van der Waals surface area contributed by atoms with Crippen LogP contribution in [0.1, 0.15) is 26.2 Å². The Kier molecular flexibility index (Phi) is 2.04. The van der Waals surface area contributed by atoms with E-state index in [1.54, 1.807) is 0 Å². The fraction of sp³-hybridized carbons (Fsp3) is 0.714. The molecule has 1 aliphatic rings. The molecule has 0 spiro atoms. The van der Waals surface area contributed by atoms with Crippen molar-refractivity contribution in [1.82, 2.24) is 0 Å². The van der Waals surface area contributed by atoms with Crippen LogP contribution >= 0.6 is 0 Å². The van der Waals surface area contributed by atoms with Crippen LogP contribution in [0.4, 0.5) is 0 Å². The van der Waals surface area contributed by atoms with Gasteiger partial charge in [-0.1, -0.05) is 12.1 Å². The highest BCUT2D eigenvalue weighted by atomic mass is 16.4. The van der Waals surface area contributed by atoms with E-state index >= 15 is 0 Å². The molecule has 0 aromatic heterocycles. The average Bonchev–Trinajstić information content (AvgIpc) is 1.94. The van der Waals surface area contributed by atoms with E-state index in [-0.39, 0.29) is 5.78 Å². The summed E-state index contributed by atoms with van der Waals surface area (Å²) in [5.41, 5.74) is 0.346. The number of carbonyl (C=O) groups excluding carboxylic acids is 1. The van der Waals surface area contributed by atoms with Gasteiger partial charge in [0, 0.05) is 6.42 Å². The number of carbonyl (C=O) groups is 1. The van der Waals surface area contributed by atoms with Gasteiger partial charge in [-0.25, -0.2) is 0 Å². The van der Waals surface area contributed by atoms with E-state index in [9.17, 15) is 4.79 Å². The predicted octanol–water partition coefficient (Wildman–Crippen LogP) is 1.21. The van der Waals surface area contributed by atoms with Gasteiger partial charge in [0.25, 0.3) is 0 Å². The molecule has 1 unspecified atom stereocenters. The predicted molar refractivity (Wildman–Crippen MR) is 37.2 cm³/mol. The van der Waals surface area contributed by atoms with E-state index in [1.165, 1.54) is 0 Å². The summed E-state index contributed by atoms with van der Waals surface area (Å²) in [4.78, 5) is 10.9. The second-order valence-electron chi connectivity index (χ2n) is 2.82. The lowest BCUT2D eigenvalue weighted by Crippen LogP contribution is -2.23. The molecule has 0 aliphatic heterocycles. The second kappa shape index (κ2) is 2.82. The van der Waals surface area contributed by atoms with Crippen LogP contribution in [-0.4, -0.2) is 16.7 Å². The minimum absolute atomic E-state index is 0.000556. The van der Waals surface area contributed by atoms with Crippen molar-refractivity contribution < 1.29 is 10.0 Å². The fourth-order valence-corrected chi connectivity index (χ4v) is 1.16. The van der Waals surface area contributed by atoms with Gasteiger partial charge in [-0.05, 0) is 18.8 Å². The molecular formula is C7H11NO2. The maximum Gasteiger partial charge on any atom is 0.180 e. The van der Waals surface area contributed by atoms with Crippen molar-refractivity contribution in [2.75, 3.05) is 0 Å². The number of nitrogens with zero attached hydrogens (tertiary/aromatic N) is 1. The molecule has 56 valence electrons. The first-order valence-electron chi connectivity index (χ1n) is 3.48. The highest BCUT2D eigenvalue weighted by Gasteiger charge is 2.21. The molecule has 10 heavy (non-hydrogen) atoms. The summed E-state index contributed by atoms with van der Waals surface area (Å²) in [6.45, 7) is 2.05. The quantitative estimate of drug-likeness (QED) is 0.407. The van der Waals surface area contributed by atoms with E-state index < -0.39 is 0 Å². The Hall–Kier alpha value is -0.860. The Morgan fingerprint density at radius 1 is 1.70 bits per heavy atom. The molecule has 0 heterocycles. The molecular weight excluding hydrogens is 130 g/mol. The molecule has 1 aliphatic carbocycles. The zero-order valence-corrected chi connectivity index (χ0v) is 6.00. The Labute approximate surface area is 59.7 Å². The topological polar surface area (TPSA) is 49.7 Å². The molecule has 3 nitrogen and oxygen atoms in total. The molecule has 1 fully saturated rings. The number of rotatable bonds is 0. The van der Waals surface area contributed by atoms with Gasteiger partial charge in [0.2, 0.25) is 0 Å². The molecule has 3 heteroatoms. The smallest absolute Gasteiger partial charge is 0.180 e. The number of oxime groups is 1. The molecule has 0 radical (unpaired) electrons. The van der Waals surface area contributed by atoms with Crippen molar-refractivity contribution in [3.8, 4) is 0 Å². The van der Waals surface area contributed by atoms with E-state index in [2.05, 4.69) is 12.1 Å². The zero-order valence-electron chi connectivity index (χ0n) is 6.00. The third kappa shape index (κ3) is 1.35. The molecule has 1 N–H and O–H groups in total. The fourth-order valence-electron chi connectivity index (χ4n) is 1.16. The van der Waals surface area contributed by atoms with Crippen molar-refractivity contribution in [1.29, 1.82) is 0 Å². The Balaban J connectivity index is 2.63. The molecule has 1 atom stereocenters. The Morgan fingerprint density at radius 3 is 2.90 bits per heavy atom. The molecule has 1 saturated carbocycles. The number of ketones is 1. The summed E-state index contributed by atoms with van der Waals surface area (Å²) in [6, 6.07) is 0. The molecule has 0 amide bonds. The van der Waals surface area contributed by atoms with Crippen molar-refractivity contribution >= 4 is 11.5 Å². The second-order valence-corrected chi connectivity index (χ2v) is 2.82. The molecule has 0 bridgehead atoms. The van der Waals surface area contributed by atoms with Gasteiger partial charge in [0.1, 0.15) is 5.71 Å². The molecule has 1 rings (SSSR count). The summed E-state index contributed by atoms with van der Waals surface area (Å²) in [5.74, 6) is 0.490. The molecule has 0 saturated heterocycles. The maximum absolute atomic E-state index is 10.9. The third-order valence-corrected chi connectivity index (χ3v) is 1.85. The number of hydrogen-bond donors (Lipinski definition) is 1. The SMILES string of the molecule is CC1CCC(=O)C(=NO)C1. The van der Waals surface area contributed by atoms with Gasteiger partial charge in [-0.3, -0.25) is 4.79 Å². The van der Waals surface area contributed by atoms with Crippen LogP contribution < -0.4 is 0 Å². The summed E-state index contributed by atoms with van der Waals surface area (Å²) in [6.07, 6.45) is 2.10. The van der Waals surface area contributed by atoms with Crippen molar-refractivity contribution in [3.05, 3.63) is 0 Å². The first kappa shape index (κ1) is 7.25. The van der Waals surface area contributed by atoms with Gasteiger partial charge in [0.05, 0.1) is 0 Å². The largest absolute Gasteiger partial charge is 0.411 e. The third-order valence-electron chi connectivity index (χ3n) is 1.85. The molecule has 0 aromatic rings. The Morgan fingerprint density at radius 2 is 2.40 bits per heavy atom. The van der Waals surface area contributed by atoms with Gasteiger partial charge < -0.3 is 5.21 Å². The van der Waals surface area contributed by atoms with Gasteiger partial charge in [-0.2, -0.15) is 0 Å². The van der Waals surface area contributed by atoms with Crippen LogP contribution in [0.3, 0.4) is 0 Å². The number of Topliss-reactive ketones (excluding diaryl/α,β-unsaturated/α-hetero) is 1. The van der Waals surface area contributed by atoms with E-state index in [1.807, 2.05) is 0 Å². The van der Waals surface area contributed by atoms with Crippen molar-refractivity contribution in [2.24, 2.45) is 11.1 Å². The average molecular weight is 141 g/mol. The normalized spacial score (nSPS) is 31.1. The van der Waals surface area contributed by atoms with E-state index in [0.29, 0.717) is 24.5 Å². The standard InChI is InChI=1S/C7H11NO2/c1-5-2-3-7(9)6(4-5)8-10/h5,10H,2-4H2,1H3. The lowest BCUT2D eigenvalue weighted by atomic mass is 9.88. The highest BCUT2D eigenvalue weighted by molar-refractivity contribution is 6.40. The van der Waals surface area contributed by atoms with Crippen LogP contribution in [0.2, 0.25) is 0 Å². The minimum Gasteiger partial charge on any atom is -0.411 e. The van der Waals surface area contributed by atoms with Gasteiger partial charge in [0.15, 0.2) is 5.78 Å². The van der Waals surface area contributed by atoms with Crippen LogP contribution in [0.25, 0.3) is 0 Å². The highest BCUT2D eigenvalue weighted by Crippen LogP contribution is 2.18. The van der Waals surface area contributed by atoms with E-state index in [0.717, 1.165) is 6.42 Å². The first-order chi connectivity index (χ1) is 4.74. The summed E-state index contributed by atoms with van der Waals surface area (Å²) < 4.78 is 0. The van der Waals surface area contributed by atoms with Crippen LogP contribution in [0.15, 0.2) is 5.16 Å². The summed E-state index contributed by atoms with van der Waals surface area (Å²) in [7, 11) is 0. The minimum atomic E-state index is 0.000556. The van der Waals surface area contributed by atoms with Crippen LogP contribution in [-0.2, 0) is 4.79 Å². The Bertz CT molecular complexity index is 174. The summed E-state index contributed by atoms with van der Waals surface area (Å²) in [5, 5.41) is 11.3. The zero-order chi connectivity index (χ0) is 7.56. The van der Waals surface area contributed by atoms with E-state index in [4.69, 9.17) is 5.21 Å². The van der Waals surface area contributed by atoms with Crippen LogP contribution in [0, 0.1) is 5.92 Å². The van der Waals surface area contributed by atoms with Crippen molar-refractivity contribution in [2.45, 2.75) is 26.2 Å². The van der Waals surface area contributed by atoms with Crippen LogP contribution in [0.5, 0.6) is 0 Å². The number of hydrogen-bond acceptors (Lipinski definition) is 3. The van der Waals surface area contributed by atoms with Crippen molar-refractivity contribution in [3.63, 3.8) is 0 Å². The monoisotopic (exact) mass is 141 g/mol. The van der Waals surface area contributed by atoms with Gasteiger partial charge >= 0.3 is 0 Å².